The smallest absolute Gasteiger partial charge is 0.319 e. The molecule has 3 N–H and O–H groups in total. The van der Waals surface area contributed by atoms with Crippen molar-refractivity contribution in [1.29, 1.82) is 0 Å². The average molecular weight is 352 g/mol. The lowest BCUT2D eigenvalue weighted by atomic mass is 10.1. The summed E-state index contributed by atoms with van der Waals surface area (Å²) in [7, 11) is 0. The summed E-state index contributed by atoms with van der Waals surface area (Å²) in [5.74, 6) is 0.0552. The van der Waals surface area contributed by atoms with E-state index in [4.69, 9.17) is 0 Å². The summed E-state index contributed by atoms with van der Waals surface area (Å²) in [4.78, 5) is 27.8. The summed E-state index contributed by atoms with van der Waals surface area (Å²) in [5.41, 5.74) is 2.81. The van der Waals surface area contributed by atoms with Gasteiger partial charge in [-0.2, -0.15) is 0 Å². The van der Waals surface area contributed by atoms with Crippen LogP contribution in [-0.4, -0.2) is 29.5 Å². The fourth-order valence-electron chi connectivity index (χ4n) is 2.61. The van der Waals surface area contributed by atoms with Gasteiger partial charge in [0, 0.05) is 30.7 Å². The fourth-order valence-corrected chi connectivity index (χ4v) is 2.61. The Kier molecular flexibility index (Phi) is 6.19. The van der Waals surface area contributed by atoms with E-state index < -0.39 is 0 Å². The Hall–Kier alpha value is -2.89. The average Bonchev–Trinajstić information content (AvgIpc) is 3.45. The topological polar surface area (TPSA) is 83.1 Å². The number of nitrogens with one attached hydrogen (secondary N) is 3. The van der Waals surface area contributed by atoms with E-state index in [2.05, 4.69) is 20.9 Å². The van der Waals surface area contributed by atoms with E-state index in [1.54, 1.807) is 6.20 Å². The van der Waals surface area contributed by atoms with Gasteiger partial charge < -0.3 is 16.0 Å². The molecule has 0 saturated heterocycles. The minimum Gasteiger partial charge on any atom is -0.353 e. The highest BCUT2D eigenvalue weighted by Gasteiger charge is 2.22. The highest BCUT2D eigenvalue weighted by atomic mass is 16.2. The zero-order chi connectivity index (χ0) is 18.2. The van der Waals surface area contributed by atoms with E-state index in [0.717, 1.165) is 36.8 Å². The van der Waals surface area contributed by atoms with Crippen molar-refractivity contribution in [3.63, 3.8) is 0 Å². The molecule has 2 aromatic rings. The van der Waals surface area contributed by atoms with Gasteiger partial charge in [-0.15, -0.1) is 0 Å². The van der Waals surface area contributed by atoms with Gasteiger partial charge in [0.05, 0.1) is 6.42 Å². The van der Waals surface area contributed by atoms with Crippen LogP contribution in [0.5, 0.6) is 0 Å². The minimum atomic E-state index is -0.226. The predicted molar refractivity (Wildman–Crippen MR) is 101 cm³/mol. The maximum absolute atomic E-state index is 11.9. The Balaban J connectivity index is 1.35. The first-order valence-electron chi connectivity index (χ1n) is 9.01. The van der Waals surface area contributed by atoms with Gasteiger partial charge in [-0.05, 0) is 55.0 Å². The van der Waals surface area contributed by atoms with E-state index in [1.165, 1.54) is 0 Å². The zero-order valence-corrected chi connectivity index (χ0v) is 14.7. The van der Waals surface area contributed by atoms with Crippen molar-refractivity contribution >= 4 is 17.6 Å². The molecule has 136 valence electrons. The van der Waals surface area contributed by atoms with Gasteiger partial charge in [0.1, 0.15) is 0 Å². The molecule has 1 aliphatic carbocycles. The molecule has 1 aromatic heterocycles. The first-order chi connectivity index (χ1) is 12.7. The molecule has 1 aromatic carbocycles. The summed E-state index contributed by atoms with van der Waals surface area (Å²) in [6.45, 7) is 0.597. The van der Waals surface area contributed by atoms with Crippen molar-refractivity contribution < 1.29 is 9.59 Å². The van der Waals surface area contributed by atoms with Crippen LogP contribution in [0, 0.1) is 0 Å². The third-order valence-electron chi connectivity index (χ3n) is 4.17. The minimum absolute atomic E-state index is 0.0552. The van der Waals surface area contributed by atoms with E-state index >= 15 is 0 Å². The molecule has 0 bridgehead atoms. The van der Waals surface area contributed by atoms with Crippen LogP contribution in [0.2, 0.25) is 0 Å². The Labute approximate surface area is 153 Å². The molecular weight excluding hydrogens is 328 g/mol. The van der Waals surface area contributed by atoms with E-state index in [0.29, 0.717) is 24.7 Å². The number of hydrogen-bond donors (Lipinski definition) is 3. The molecule has 0 radical (unpaired) electrons. The van der Waals surface area contributed by atoms with Crippen LogP contribution < -0.4 is 16.0 Å². The van der Waals surface area contributed by atoms with Crippen LogP contribution in [-0.2, 0) is 17.6 Å². The number of aryl methyl sites for hydroxylation is 1. The number of pyridine rings is 1. The Morgan fingerprint density at radius 1 is 1.08 bits per heavy atom. The summed E-state index contributed by atoms with van der Waals surface area (Å²) in [6, 6.07) is 11.5. The van der Waals surface area contributed by atoms with Gasteiger partial charge in [-0.3, -0.25) is 9.78 Å². The maximum Gasteiger partial charge on any atom is 0.319 e. The second kappa shape index (κ2) is 8.99. The zero-order valence-electron chi connectivity index (χ0n) is 14.7. The van der Waals surface area contributed by atoms with Crippen LogP contribution in [0.25, 0.3) is 0 Å². The van der Waals surface area contributed by atoms with Crippen LogP contribution in [0.1, 0.15) is 30.4 Å². The molecule has 0 aliphatic heterocycles. The third kappa shape index (κ3) is 6.20. The highest BCUT2D eigenvalue weighted by Crippen LogP contribution is 2.19. The SMILES string of the molecule is O=C(Cc1ccc(NC(=O)NCCCc2cccnc2)cc1)NC1CC1. The number of carbonyl (C=O) groups is 2. The van der Waals surface area contributed by atoms with E-state index in [9.17, 15) is 9.59 Å². The second-order valence-electron chi connectivity index (χ2n) is 6.56. The van der Waals surface area contributed by atoms with E-state index in [1.807, 2.05) is 42.6 Å². The number of urea groups is 1. The van der Waals surface area contributed by atoms with Gasteiger partial charge in [0.15, 0.2) is 0 Å². The second-order valence-corrected chi connectivity index (χ2v) is 6.56. The largest absolute Gasteiger partial charge is 0.353 e. The monoisotopic (exact) mass is 352 g/mol. The molecule has 1 saturated carbocycles. The van der Waals surface area contributed by atoms with Gasteiger partial charge >= 0.3 is 6.03 Å². The molecule has 6 nitrogen and oxygen atoms in total. The third-order valence-corrected chi connectivity index (χ3v) is 4.17. The maximum atomic E-state index is 11.9. The normalized spacial score (nSPS) is 13.1. The van der Waals surface area contributed by atoms with Crippen LogP contribution >= 0.6 is 0 Å². The molecule has 1 fully saturated rings. The number of hydrogen-bond acceptors (Lipinski definition) is 3. The van der Waals surface area contributed by atoms with Crippen LogP contribution in [0.3, 0.4) is 0 Å². The lowest BCUT2D eigenvalue weighted by Crippen LogP contribution is -2.29. The predicted octanol–water partition coefficient (Wildman–Crippen LogP) is 2.66. The number of rotatable bonds is 8. The Morgan fingerprint density at radius 3 is 2.58 bits per heavy atom. The van der Waals surface area contributed by atoms with E-state index in [-0.39, 0.29) is 11.9 Å². The summed E-state index contributed by atoms with van der Waals surface area (Å²) >= 11 is 0. The Bertz CT molecular complexity index is 727. The Morgan fingerprint density at radius 2 is 1.88 bits per heavy atom. The van der Waals surface area contributed by atoms with Crippen molar-refractivity contribution in [3.05, 3.63) is 59.9 Å². The van der Waals surface area contributed by atoms with Gasteiger partial charge in [-0.25, -0.2) is 4.79 Å². The van der Waals surface area contributed by atoms with Crippen LogP contribution in [0.4, 0.5) is 10.5 Å². The van der Waals surface area contributed by atoms with Crippen molar-refractivity contribution in [3.8, 4) is 0 Å². The molecule has 1 heterocycles. The number of amides is 3. The lowest BCUT2D eigenvalue weighted by Gasteiger charge is -2.09. The highest BCUT2D eigenvalue weighted by molar-refractivity contribution is 5.89. The first kappa shape index (κ1) is 17.9. The number of nitrogens with zero attached hydrogens (tertiary/aromatic N) is 1. The molecular formula is C20H24N4O2. The van der Waals surface area contributed by atoms with Crippen molar-refractivity contribution in [2.75, 3.05) is 11.9 Å². The number of carbonyl (C=O) groups excluding carboxylic acids is 2. The van der Waals surface area contributed by atoms with Gasteiger partial charge in [-0.1, -0.05) is 18.2 Å². The number of benzene rings is 1. The summed E-state index contributed by atoms with van der Waals surface area (Å²) in [6.07, 6.45) is 7.88. The summed E-state index contributed by atoms with van der Waals surface area (Å²) in [5, 5.41) is 8.61. The first-order valence-corrected chi connectivity index (χ1v) is 9.01. The van der Waals surface area contributed by atoms with Gasteiger partial charge in [0.2, 0.25) is 5.91 Å². The lowest BCUT2D eigenvalue weighted by molar-refractivity contribution is -0.120. The summed E-state index contributed by atoms with van der Waals surface area (Å²) < 4.78 is 0. The molecule has 6 heteroatoms. The van der Waals surface area contributed by atoms with Crippen molar-refractivity contribution in [2.45, 2.75) is 38.1 Å². The molecule has 0 atom stereocenters. The number of aromatic nitrogens is 1. The quantitative estimate of drug-likeness (QED) is 0.639. The van der Waals surface area contributed by atoms with Crippen molar-refractivity contribution in [2.24, 2.45) is 0 Å². The molecule has 3 amide bonds. The standard InChI is InChI=1S/C20H24N4O2/c25-19(23-17-9-10-17)13-15-5-7-18(8-6-15)24-20(26)22-12-2-4-16-3-1-11-21-14-16/h1,3,5-8,11,14,17H,2,4,9-10,12-13H2,(H,23,25)(H2,22,24,26). The molecule has 0 unspecified atom stereocenters. The number of anilines is 1. The molecule has 26 heavy (non-hydrogen) atoms. The molecule has 1 aliphatic rings. The molecule has 0 spiro atoms. The van der Waals surface area contributed by atoms with Crippen LogP contribution in [0.15, 0.2) is 48.8 Å². The van der Waals surface area contributed by atoms with Crippen molar-refractivity contribution in [1.82, 2.24) is 15.6 Å². The fraction of sp³-hybridized carbons (Fsp3) is 0.350. The molecule has 3 rings (SSSR count). The van der Waals surface area contributed by atoms with Gasteiger partial charge in [0.25, 0.3) is 0 Å².